The van der Waals surface area contributed by atoms with Crippen LogP contribution in [0.4, 0.5) is 5.13 Å². The molecule has 0 amide bonds. The number of nitrogens with zero attached hydrogens (tertiary/aromatic N) is 5. The minimum absolute atomic E-state index is 0.574. The normalized spacial score (nSPS) is 16.7. The predicted molar refractivity (Wildman–Crippen MR) is 104 cm³/mol. The van der Waals surface area contributed by atoms with E-state index in [4.69, 9.17) is 5.73 Å². The maximum absolute atomic E-state index is 6.18. The number of anilines is 1. The molecule has 2 rings (SSSR count). The summed E-state index contributed by atoms with van der Waals surface area (Å²) in [6.45, 7) is 14.6. The average Bonchev–Trinajstić information content (AvgIpc) is 3.08. The Bertz CT molecular complexity index is 483. The fourth-order valence-electron chi connectivity index (χ4n) is 3.16. The molecule has 1 aliphatic rings. The van der Waals surface area contributed by atoms with Gasteiger partial charge in [0, 0.05) is 62.9 Å². The number of nitrogens with two attached hydrogens (primary N) is 1. The highest BCUT2D eigenvalue weighted by Crippen LogP contribution is 2.18. The monoisotopic (exact) mass is 352 g/mol. The number of thiazole rings is 1. The molecule has 24 heavy (non-hydrogen) atoms. The highest BCUT2D eigenvalue weighted by molar-refractivity contribution is 7.13. The summed E-state index contributed by atoms with van der Waals surface area (Å²) >= 11 is 1.69. The Hall–Kier alpha value is -1.34. The third-order valence-corrected chi connectivity index (χ3v) is 5.30. The molecule has 1 saturated heterocycles. The molecular formula is C17H32N6S. The van der Waals surface area contributed by atoms with Gasteiger partial charge in [0.05, 0.1) is 0 Å². The number of guanidine groups is 1. The zero-order valence-corrected chi connectivity index (χ0v) is 16.3. The van der Waals surface area contributed by atoms with E-state index in [1.54, 1.807) is 11.3 Å². The molecule has 0 unspecified atom stereocenters. The van der Waals surface area contributed by atoms with Gasteiger partial charge in [0.15, 0.2) is 11.1 Å². The van der Waals surface area contributed by atoms with E-state index in [9.17, 15) is 0 Å². The highest BCUT2D eigenvalue weighted by atomic mass is 32.1. The van der Waals surface area contributed by atoms with Crippen LogP contribution in [-0.2, 0) is 0 Å². The molecule has 2 heterocycles. The molecule has 1 aliphatic heterocycles. The highest BCUT2D eigenvalue weighted by Gasteiger charge is 2.19. The Morgan fingerprint density at radius 1 is 1.25 bits per heavy atom. The SMILES string of the molecule is CC(C)N(CCCN=C(N)N1CCN(c2nccs2)CC1)C(C)C. The zero-order chi connectivity index (χ0) is 17.5. The van der Waals surface area contributed by atoms with E-state index < -0.39 is 0 Å². The first-order valence-corrected chi connectivity index (χ1v) is 9.82. The standard InChI is InChI=1S/C17H32N6S/c1-14(2)23(15(3)4)8-5-6-19-16(18)21-9-11-22(12-10-21)17-20-7-13-24-17/h7,13-15H,5-6,8-12H2,1-4H3,(H2,18,19). The van der Waals surface area contributed by atoms with Crippen molar-refractivity contribution in [2.75, 3.05) is 44.2 Å². The Kier molecular flexibility index (Phi) is 7.30. The van der Waals surface area contributed by atoms with Crippen molar-refractivity contribution in [2.45, 2.75) is 46.2 Å². The van der Waals surface area contributed by atoms with E-state index in [1.165, 1.54) is 0 Å². The molecule has 1 aromatic rings. The third-order valence-electron chi connectivity index (χ3n) is 4.47. The van der Waals surface area contributed by atoms with Crippen molar-refractivity contribution < 1.29 is 0 Å². The van der Waals surface area contributed by atoms with Gasteiger partial charge in [-0.3, -0.25) is 9.89 Å². The quantitative estimate of drug-likeness (QED) is 0.462. The van der Waals surface area contributed by atoms with Gasteiger partial charge >= 0.3 is 0 Å². The molecular weight excluding hydrogens is 320 g/mol. The van der Waals surface area contributed by atoms with Gasteiger partial charge in [0.1, 0.15) is 0 Å². The smallest absolute Gasteiger partial charge is 0.191 e. The van der Waals surface area contributed by atoms with Crippen molar-refractivity contribution >= 4 is 22.4 Å². The van der Waals surface area contributed by atoms with Crippen LogP contribution in [0.1, 0.15) is 34.1 Å². The van der Waals surface area contributed by atoms with Crippen molar-refractivity contribution in [2.24, 2.45) is 10.7 Å². The summed E-state index contributed by atoms with van der Waals surface area (Å²) < 4.78 is 0. The summed E-state index contributed by atoms with van der Waals surface area (Å²) in [5.74, 6) is 0.689. The van der Waals surface area contributed by atoms with Gasteiger partial charge in [-0.1, -0.05) is 0 Å². The van der Waals surface area contributed by atoms with Gasteiger partial charge in [-0.2, -0.15) is 0 Å². The van der Waals surface area contributed by atoms with Crippen molar-refractivity contribution in [3.8, 4) is 0 Å². The van der Waals surface area contributed by atoms with Crippen LogP contribution in [0.15, 0.2) is 16.6 Å². The van der Waals surface area contributed by atoms with Crippen molar-refractivity contribution in [1.82, 2.24) is 14.8 Å². The summed E-state index contributed by atoms with van der Waals surface area (Å²) in [5.41, 5.74) is 6.18. The number of hydrogen-bond acceptors (Lipinski definition) is 5. The summed E-state index contributed by atoms with van der Waals surface area (Å²) in [7, 11) is 0. The lowest BCUT2D eigenvalue weighted by molar-refractivity contribution is 0.174. The van der Waals surface area contributed by atoms with Crippen LogP contribution in [0.3, 0.4) is 0 Å². The fraction of sp³-hybridized carbons (Fsp3) is 0.765. The lowest BCUT2D eigenvalue weighted by Gasteiger charge is -2.35. The van der Waals surface area contributed by atoms with Crippen LogP contribution in [0.25, 0.3) is 0 Å². The minimum atomic E-state index is 0.574. The number of rotatable bonds is 7. The minimum Gasteiger partial charge on any atom is -0.370 e. The molecule has 0 aromatic carbocycles. The molecule has 2 N–H and O–H groups in total. The number of aromatic nitrogens is 1. The number of piperazine rings is 1. The van der Waals surface area contributed by atoms with Gasteiger partial charge < -0.3 is 15.5 Å². The van der Waals surface area contributed by atoms with Crippen LogP contribution >= 0.6 is 11.3 Å². The lowest BCUT2D eigenvalue weighted by atomic mass is 10.2. The zero-order valence-electron chi connectivity index (χ0n) is 15.5. The van der Waals surface area contributed by atoms with E-state index in [1.807, 2.05) is 11.6 Å². The van der Waals surface area contributed by atoms with Gasteiger partial charge in [-0.05, 0) is 34.1 Å². The summed E-state index contributed by atoms with van der Waals surface area (Å²) in [5, 5.41) is 3.13. The summed E-state index contributed by atoms with van der Waals surface area (Å²) in [4.78, 5) is 16.0. The second kappa shape index (κ2) is 9.22. The fourth-order valence-corrected chi connectivity index (χ4v) is 3.86. The van der Waals surface area contributed by atoms with Gasteiger partial charge in [0.25, 0.3) is 0 Å². The average molecular weight is 353 g/mol. The summed E-state index contributed by atoms with van der Waals surface area (Å²) in [6.07, 6.45) is 2.91. The second-order valence-electron chi connectivity index (χ2n) is 6.81. The van der Waals surface area contributed by atoms with Crippen LogP contribution in [-0.4, -0.2) is 72.1 Å². The topological polar surface area (TPSA) is 61.0 Å². The molecule has 0 aliphatic carbocycles. The van der Waals surface area contributed by atoms with Crippen LogP contribution in [0.5, 0.6) is 0 Å². The molecule has 6 nitrogen and oxygen atoms in total. The van der Waals surface area contributed by atoms with Crippen LogP contribution < -0.4 is 10.6 Å². The molecule has 1 fully saturated rings. The predicted octanol–water partition coefficient (Wildman–Crippen LogP) is 2.09. The maximum Gasteiger partial charge on any atom is 0.191 e. The molecule has 7 heteroatoms. The Balaban J connectivity index is 1.72. The van der Waals surface area contributed by atoms with E-state index >= 15 is 0 Å². The largest absolute Gasteiger partial charge is 0.370 e. The summed E-state index contributed by atoms with van der Waals surface area (Å²) in [6, 6.07) is 1.15. The molecule has 1 aromatic heterocycles. The van der Waals surface area contributed by atoms with Crippen molar-refractivity contribution in [3.63, 3.8) is 0 Å². The molecule has 0 atom stereocenters. The van der Waals surface area contributed by atoms with E-state index in [0.29, 0.717) is 18.0 Å². The molecule has 0 bridgehead atoms. The van der Waals surface area contributed by atoms with E-state index in [0.717, 1.165) is 50.8 Å². The van der Waals surface area contributed by atoms with Crippen LogP contribution in [0.2, 0.25) is 0 Å². The van der Waals surface area contributed by atoms with Gasteiger partial charge in [-0.15, -0.1) is 11.3 Å². The molecule has 136 valence electrons. The first-order valence-electron chi connectivity index (χ1n) is 8.94. The van der Waals surface area contributed by atoms with Gasteiger partial charge in [0.2, 0.25) is 0 Å². The maximum atomic E-state index is 6.18. The Morgan fingerprint density at radius 2 is 1.92 bits per heavy atom. The van der Waals surface area contributed by atoms with Crippen LogP contribution in [0, 0.1) is 0 Å². The first kappa shape index (κ1) is 19.0. The second-order valence-corrected chi connectivity index (χ2v) is 7.68. The Labute approximate surface area is 150 Å². The van der Waals surface area contributed by atoms with Gasteiger partial charge in [-0.25, -0.2) is 4.98 Å². The Morgan fingerprint density at radius 3 is 2.46 bits per heavy atom. The molecule has 0 spiro atoms. The lowest BCUT2D eigenvalue weighted by Crippen LogP contribution is -2.51. The first-order chi connectivity index (χ1) is 11.5. The number of hydrogen-bond donors (Lipinski definition) is 1. The number of aliphatic imine (C=N–C) groups is 1. The van der Waals surface area contributed by atoms with E-state index in [-0.39, 0.29) is 0 Å². The van der Waals surface area contributed by atoms with Crippen molar-refractivity contribution in [3.05, 3.63) is 11.6 Å². The molecule has 0 radical (unpaired) electrons. The molecule has 0 saturated carbocycles. The van der Waals surface area contributed by atoms with E-state index in [2.05, 4.69) is 52.4 Å². The third kappa shape index (κ3) is 5.34. The van der Waals surface area contributed by atoms with Crippen molar-refractivity contribution in [1.29, 1.82) is 0 Å².